The Bertz CT molecular complexity index is 625. The van der Waals surface area contributed by atoms with Gasteiger partial charge in [0.15, 0.2) is 5.96 Å². The number of benzene rings is 1. The number of carbonyl (C=O) groups is 1. The molecule has 27 heavy (non-hydrogen) atoms. The molecule has 7 nitrogen and oxygen atoms in total. The van der Waals surface area contributed by atoms with Crippen LogP contribution in [0.3, 0.4) is 0 Å². The number of nitrogens with two attached hydrogens (primary N) is 1. The predicted molar refractivity (Wildman–Crippen MR) is 119 cm³/mol. The minimum atomic E-state index is 0. The van der Waals surface area contributed by atoms with Crippen molar-refractivity contribution in [3.8, 4) is 5.75 Å². The number of aliphatic imine (C=N–C) groups is 1. The normalized spacial score (nSPS) is 18.4. The zero-order valence-electron chi connectivity index (χ0n) is 15.9. The van der Waals surface area contributed by atoms with Crippen molar-refractivity contribution in [2.45, 2.75) is 19.3 Å². The van der Waals surface area contributed by atoms with E-state index < -0.39 is 0 Å². The number of hydrogen-bond acceptors (Lipinski definition) is 4. The van der Waals surface area contributed by atoms with Gasteiger partial charge in [0.05, 0.1) is 13.7 Å². The summed E-state index contributed by atoms with van der Waals surface area (Å²) in [6.45, 7) is 5.00. The van der Waals surface area contributed by atoms with Gasteiger partial charge in [-0.2, -0.15) is 0 Å². The van der Waals surface area contributed by atoms with Crippen molar-refractivity contribution in [3.63, 3.8) is 0 Å². The Morgan fingerprint density at radius 2 is 1.89 bits per heavy atom. The summed E-state index contributed by atoms with van der Waals surface area (Å²) < 4.78 is 5.13. The van der Waals surface area contributed by atoms with Gasteiger partial charge in [0.2, 0.25) is 5.91 Å². The van der Waals surface area contributed by atoms with E-state index >= 15 is 0 Å². The van der Waals surface area contributed by atoms with E-state index in [4.69, 9.17) is 10.5 Å². The van der Waals surface area contributed by atoms with E-state index in [1.165, 1.54) is 6.42 Å². The molecule has 0 unspecified atom stereocenters. The van der Waals surface area contributed by atoms with Crippen LogP contribution >= 0.6 is 24.0 Å². The summed E-state index contributed by atoms with van der Waals surface area (Å²) >= 11 is 0. The number of carbonyl (C=O) groups excluding carboxylic acids is 1. The Labute approximate surface area is 178 Å². The van der Waals surface area contributed by atoms with Crippen LogP contribution in [-0.4, -0.2) is 68.0 Å². The number of nitrogens with zero attached hydrogens (tertiary/aromatic N) is 3. The van der Waals surface area contributed by atoms with Crippen molar-refractivity contribution < 1.29 is 9.53 Å². The molecule has 1 saturated heterocycles. The average molecular weight is 487 g/mol. The highest BCUT2D eigenvalue weighted by atomic mass is 127. The zero-order valence-corrected chi connectivity index (χ0v) is 18.2. The Hall–Kier alpha value is -1.55. The van der Waals surface area contributed by atoms with Crippen LogP contribution in [0.2, 0.25) is 0 Å². The highest BCUT2D eigenvalue weighted by Gasteiger charge is 2.30. The van der Waals surface area contributed by atoms with E-state index in [1.54, 1.807) is 7.11 Å². The van der Waals surface area contributed by atoms with Gasteiger partial charge in [-0.05, 0) is 37.1 Å². The summed E-state index contributed by atoms with van der Waals surface area (Å²) in [6, 6.07) is 7.55. The lowest BCUT2D eigenvalue weighted by Gasteiger charge is -2.38. The fraction of sp³-hybridized carbons (Fsp3) is 0.579. The van der Waals surface area contributed by atoms with Crippen LogP contribution in [0, 0.1) is 5.92 Å². The van der Waals surface area contributed by atoms with Crippen LogP contribution in [0.5, 0.6) is 5.75 Å². The van der Waals surface area contributed by atoms with Crippen molar-refractivity contribution >= 4 is 41.5 Å². The average Bonchev–Trinajstić information content (AvgIpc) is 2.61. The predicted octanol–water partition coefficient (Wildman–Crippen LogP) is 1.98. The first kappa shape index (κ1) is 21.7. The zero-order chi connectivity index (χ0) is 18.4. The summed E-state index contributed by atoms with van der Waals surface area (Å²) in [5.41, 5.74) is 6.83. The molecule has 1 aliphatic heterocycles. The standard InChI is InChI=1S/C19H29N5O2.HI/c1-26-17-7-5-16(6-8-17)22-19(20)21-9-10-23-11-13-24(14-12-23)18(25)15-3-2-4-15;/h5-8,15H,2-4,9-14H2,1H3,(H3,20,21,22);1H. The van der Waals surface area contributed by atoms with Crippen molar-refractivity contribution in [3.05, 3.63) is 24.3 Å². The van der Waals surface area contributed by atoms with Crippen LogP contribution in [0.4, 0.5) is 5.69 Å². The number of amides is 1. The molecule has 1 aliphatic carbocycles. The maximum absolute atomic E-state index is 12.3. The summed E-state index contributed by atoms with van der Waals surface area (Å²) in [5, 5.41) is 3.08. The van der Waals surface area contributed by atoms with Gasteiger partial charge >= 0.3 is 0 Å². The van der Waals surface area contributed by atoms with Gasteiger partial charge in [-0.1, -0.05) is 6.42 Å². The molecule has 3 N–H and O–H groups in total. The molecule has 150 valence electrons. The molecule has 2 fully saturated rings. The maximum atomic E-state index is 12.3. The minimum Gasteiger partial charge on any atom is -0.497 e. The molecule has 1 aromatic carbocycles. The Morgan fingerprint density at radius 1 is 1.22 bits per heavy atom. The molecule has 2 aliphatic rings. The van der Waals surface area contributed by atoms with Crippen molar-refractivity contribution in [2.24, 2.45) is 16.6 Å². The number of guanidine groups is 1. The fourth-order valence-electron chi connectivity index (χ4n) is 3.28. The molecular formula is C19H30IN5O2. The Morgan fingerprint density at radius 3 is 2.44 bits per heavy atom. The minimum absolute atomic E-state index is 0. The third kappa shape index (κ3) is 6.24. The summed E-state index contributed by atoms with van der Waals surface area (Å²) in [5.74, 6) is 1.88. The molecule has 0 spiro atoms. The number of anilines is 1. The van der Waals surface area contributed by atoms with Crippen LogP contribution in [-0.2, 0) is 4.79 Å². The molecule has 8 heteroatoms. The summed E-state index contributed by atoms with van der Waals surface area (Å²) in [4.78, 5) is 21.0. The number of hydrogen-bond donors (Lipinski definition) is 2. The number of rotatable bonds is 6. The quantitative estimate of drug-likeness (QED) is 0.365. The van der Waals surface area contributed by atoms with Crippen LogP contribution in [0.1, 0.15) is 19.3 Å². The highest BCUT2D eigenvalue weighted by molar-refractivity contribution is 14.0. The lowest BCUT2D eigenvalue weighted by Crippen LogP contribution is -2.51. The van der Waals surface area contributed by atoms with E-state index in [-0.39, 0.29) is 24.0 Å². The first-order valence-electron chi connectivity index (χ1n) is 9.38. The number of piperazine rings is 1. The number of methoxy groups -OCH3 is 1. The molecule has 0 radical (unpaired) electrons. The fourth-order valence-corrected chi connectivity index (χ4v) is 3.28. The molecule has 1 aromatic rings. The van der Waals surface area contributed by atoms with E-state index in [1.807, 2.05) is 29.2 Å². The van der Waals surface area contributed by atoms with Gasteiger partial charge < -0.3 is 20.7 Å². The van der Waals surface area contributed by atoms with Gasteiger partial charge in [0.25, 0.3) is 0 Å². The molecule has 3 rings (SSSR count). The second-order valence-corrected chi connectivity index (χ2v) is 6.92. The molecule has 1 amide bonds. The monoisotopic (exact) mass is 487 g/mol. The smallest absolute Gasteiger partial charge is 0.225 e. The molecule has 0 bridgehead atoms. The van der Waals surface area contributed by atoms with Crippen molar-refractivity contribution in [2.75, 3.05) is 51.7 Å². The second kappa shape index (κ2) is 10.7. The third-order valence-electron chi connectivity index (χ3n) is 5.20. The van der Waals surface area contributed by atoms with Crippen LogP contribution in [0.25, 0.3) is 0 Å². The molecule has 0 atom stereocenters. The van der Waals surface area contributed by atoms with Gasteiger partial charge in [-0.15, -0.1) is 24.0 Å². The van der Waals surface area contributed by atoms with Crippen LogP contribution in [0.15, 0.2) is 29.3 Å². The lowest BCUT2D eigenvalue weighted by atomic mass is 9.84. The third-order valence-corrected chi connectivity index (χ3v) is 5.20. The van der Waals surface area contributed by atoms with Gasteiger partial charge in [0.1, 0.15) is 5.75 Å². The molecule has 1 heterocycles. The summed E-state index contributed by atoms with van der Waals surface area (Å²) in [6.07, 6.45) is 3.36. The number of halogens is 1. The second-order valence-electron chi connectivity index (χ2n) is 6.92. The molecular weight excluding hydrogens is 457 g/mol. The number of nitrogens with one attached hydrogen (secondary N) is 1. The van der Waals surface area contributed by atoms with E-state index in [0.717, 1.165) is 57.0 Å². The Balaban J connectivity index is 0.00000261. The Kier molecular flexibility index (Phi) is 8.62. The van der Waals surface area contributed by atoms with E-state index in [2.05, 4.69) is 15.2 Å². The summed E-state index contributed by atoms with van der Waals surface area (Å²) in [7, 11) is 1.64. The van der Waals surface area contributed by atoms with Crippen molar-refractivity contribution in [1.29, 1.82) is 0 Å². The van der Waals surface area contributed by atoms with E-state index in [9.17, 15) is 4.79 Å². The first-order valence-corrected chi connectivity index (χ1v) is 9.38. The largest absolute Gasteiger partial charge is 0.497 e. The lowest BCUT2D eigenvalue weighted by molar-refractivity contribution is -0.139. The maximum Gasteiger partial charge on any atom is 0.225 e. The van der Waals surface area contributed by atoms with Crippen LogP contribution < -0.4 is 15.8 Å². The first-order chi connectivity index (χ1) is 12.7. The van der Waals surface area contributed by atoms with Crippen molar-refractivity contribution in [1.82, 2.24) is 9.80 Å². The molecule has 1 saturated carbocycles. The molecule has 0 aromatic heterocycles. The van der Waals surface area contributed by atoms with Gasteiger partial charge in [-0.25, -0.2) is 0 Å². The topological polar surface area (TPSA) is 83.2 Å². The van der Waals surface area contributed by atoms with E-state index in [0.29, 0.717) is 24.3 Å². The highest BCUT2D eigenvalue weighted by Crippen LogP contribution is 2.28. The van der Waals surface area contributed by atoms with Gasteiger partial charge in [-0.3, -0.25) is 14.7 Å². The SMILES string of the molecule is COc1ccc(NC(N)=NCCN2CCN(C(=O)C3CCC3)CC2)cc1.I. The van der Waals surface area contributed by atoms with Gasteiger partial charge in [0, 0.05) is 44.3 Å². The number of ether oxygens (including phenoxy) is 1.